The van der Waals surface area contributed by atoms with Crippen molar-refractivity contribution in [3.05, 3.63) is 94.2 Å². The molecule has 2 N–H and O–H groups in total. The molecule has 0 saturated carbocycles. The molecule has 1 unspecified atom stereocenters. The number of amides is 2. The van der Waals surface area contributed by atoms with Crippen molar-refractivity contribution < 1.29 is 19.1 Å². The quantitative estimate of drug-likeness (QED) is 0.477. The molecule has 0 bridgehead atoms. The molecule has 1 heterocycles. The highest BCUT2D eigenvalue weighted by molar-refractivity contribution is 7.08. The minimum atomic E-state index is -0.542. The molecular formula is C24H24N2O4S. The maximum Gasteiger partial charge on any atom is 0.308 e. The van der Waals surface area contributed by atoms with Crippen LogP contribution in [0.15, 0.2) is 77.5 Å². The lowest BCUT2D eigenvalue weighted by Crippen LogP contribution is -2.34. The van der Waals surface area contributed by atoms with E-state index in [1.54, 1.807) is 11.4 Å². The molecule has 7 heteroatoms. The molecule has 1 atom stereocenters. The van der Waals surface area contributed by atoms with Gasteiger partial charge >= 0.3 is 5.97 Å². The first-order valence-corrected chi connectivity index (χ1v) is 10.9. The van der Waals surface area contributed by atoms with E-state index < -0.39 is 5.97 Å². The minimum Gasteiger partial charge on any atom is -0.456 e. The lowest BCUT2D eigenvalue weighted by molar-refractivity contribution is -0.148. The third kappa shape index (κ3) is 7.38. The van der Waals surface area contributed by atoms with Gasteiger partial charge in [-0.15, -0.1) is 0 Å². The molecule has 0 aliphatic rings. The summed E-state index contributed by atoms with van der Waals surface area (Å²) in [5.41, 5.74) is 2.63. The van der Waals surface area contributed by atoms with Gasteiger partial charge in [-0.2, -0.15) is 11.3 Å². The Balaban J connectivity index is 1.45. The summed E-state index contributed by atoms with van der Waals surface area (Å²) in [6.07, 6.45) is 0.619. The largest absolute Gasteiger partial charge is 0.456 e. The molecule has 3 aromatic rings. The number of hydrogen-bond donors (Lipinski definition) is 2. The fourth-order valence-corrected chi connectivity index (χ4v) is 3.65. The molecule has 2 aromatic carbocycles. The molecule has 0 radical (unpaired) electrons. The van der Waals surface area contributed by atoms with Crippen molar-refractivity contribution in [3.8, 4) is 0 Å². The van der Waals surface area contributed by atoms with Crippen LogP contribution in [0.2, 0.25) is 0 Å². The van der Waals surface area contributed by atoms with E-state index in [1.165, 1.54) is 11.3 Å². The summed E-state index contributed by atoms with van der Waals surface area (Å²) < 4.78 is 5.06. The second-order valence-corrected chi connectivity index (χ2v) is 7.68. The van der Waals surface area contributed by atoms with Gasteiger partial charge in [-0.25, -0.2) is 0 Å². The van der Waals surface area contributed by atoms with Crippen LogP contribution in [-0.2, 0) is 20.7 Å². The van der Waals surface area contributed by atoms with Gasteiger partial charge in [0.15, 0.2) is 6.61 Å². The Kier molecular flexibility index (Phi) is 8.37. The highest BCUT2D eigenvalue weighted by Crippen LogP contribution is 2.18. The van der Waals surface area contributed by atoms with Crippen LogP contribution in [0, 0.1) is 0 Å². The van der Waals surface area contributed by atoms with Crippen LogP contribution in [0.4, 0.5) is 0 Å². The molecule has 0 saturated heterocycles. The SMILES string of the molecule is O=C(COC(=O)CCNC(=O)c1ccsc1)NC(Cc1ccccc1)c1ccccc1. The Labute approximate surface area is 185 Å². The molecule has 31 heavy (non-hydrogen) atoms. The lowest BCUT2D eigenvalue weighted by Gasteiger charge is -2.19. The van der Waals surface area contributed by atoms with Crippen molar-refractivity contribution in [2.45, 2.75) is 18.9 Å². The van der Waals surface area contributed by atoms with Gasteiger partial charge in [-0.05, 0) is 29.0 Å². The second kappa shape index (κ2) is 11.7. The average Bonchev–Trinajstić information content (AvgIpc) is 3.34. The Morgan fingerprint density at radius 2 is 1.65 bits per heavy atom. The van der Waals surface area contributed by atoms with Crippen LogP contribution in [0.5, 0.6) is 0 Å². The van der Waals surface area contributed by atoms with Crippen molar-refractivity contribution >= 4 is 29.1 Å². The van der Waals surface area contributed by atoms with Gasteiger partial charge in [0.2, 0.25) is 0 Å². The van der Waals surface area contributed by atoms with E-state index in [2.05, 4.69) is 10.6 Å². The second-order valence-electron chi connectivity index (χ2n) is 6.90. The van der Waals surface area contributed by atoms with Crippen molar-refractivity contribution in [3.63, 3.8) is 0 Å². The van der Waals surface area contributed by atoms with E-state index in [-0.39, 0.29) is 37.4 Å². The van der Waals surface area contributed by atoms with E-state index in [1.807, 2.05) is 66.0 Å². The van der Waals surface area contributed by atoms with E-state index in [4.69, 9.17) is 4.74 Å². The number of ether oxygens (including phenoxy) is 1. The van der Waals surface area contributed by atoms with Crippen molar-refractivity contribution in [2.24, 2.45) is 0 Å². The highest BCUT2D eigenvalue weighted by atomic mass is 32.1. The van der Waals surface area contributed by atoms with Gasteiger partial charge in [0.1, 0.15) is 0 Å². The summed E-state index contributed by atoms with van der Waals surface area (Å²) in [6, 6.07) is 21.0. The zero-order valence-electron chi connectivity index (χ0n) is 17.0. The number of carbonyl (C=O) groups excluding carboxylic acids is 3. The van der Waals surface area contributed by atoms with Crippen LogP contribution in [-0.4, -0.2) is 30.9 Å². The summed E-state index contributed by atoms with van der Waals surface area (Å²) in [4.78, 5) is 36.2. The van der Waals surface area contributed by atoms with E-state index >= 15 is 0 Å². The monoisotopic (exact) mass is 436 g/mol. The Morgan fingerprint density at radius 1 is 0.935 bits per heavy atom. The fraction of sp³-hybridized carbons (Fsp3) is 0.208. The van der Waals surface area contributed by atoms with Crippen LogP contribution in [0.1, 0.15) is 33.9 Å². The molecule has 0 fully saturated rings. The Bertz CT molecular complexity index is 975. The Hall–Kier alpha value is -3.45. The molecule has 160 valence electrons. The van der Waals surface area contributed by atoms with Crippen molar-refractivity contribution in [2.75, 3.05) is 13.2 Å². The molecule has 6 nitrogen and oxygen atoms in total. The predicted molar refractivity (Wildman–Crippen MR) is 120 cm³/mol. The smallest absolute Gasteiger partial charge is 0.308 e. The predicted octanol–water partition coefficient (Wildman–Crippen LogP) is 3.51. The molecular weight excluding hydrogens is 412 g/mol. The average molecular weight is 437 g/mol. The van der Waals surface area contributed by atoms with Gasteiger partial charge in [-0.1, -0.05) is 60.7 Å². The summed E-state index contributed by atoms with van der Waals surface area (Å²) in [7, 11) is 0. The molecule has 1 aromatic heterocycles. The standard InChI is InChI=1S/C24H24N2O4S/c27-22(16-30-23(28)11-13-25-24(29)20-12-14-31-17-20)26-21(19-9-5-2-6-10-19)15-18-7-3-1-4-8-18/h1-10,12,14,17,21H,11,13,15-16H2,(H,25,29)(H,26,27). The first kappa shape index (κ1) is 22.2. The van der Waals surface area contributed by atoms with Crippen LogP contribution in [0.3, 0.4) is 0 Å². The van der Waals surface area contributed by atoms with E-state index in [9.17, 15) is 14.4 Å². The topological polar surface area (TPSA) is 84.5 Å². The van der Waals surface area contributed by atoms with E-state index in [0.29, 0.717) is 12.0 Å². The summed E-state index contributed by atoms with van der Waals surface area (Å²) in [5.74, 6) is -1.15. The van der Waals surface area contributed by atoms with Gasteiger partial charge in [0.25, 0.3) is 11.8 Å². The third-order valence-electron chi connectivity index (χ3n) is 4.58. The van der Waals surface area contributed by atoms with Crippen LogP contribution >= 0.6 is 11.3 Å². The molecule has 0 aliphatic heterocycles. The van der Waals surface area contributed by atoms with Gasteiger partial charge in [-0.3, -0.25) is 14.4 Å². The number of hydrogen-bond acceptors (Lipinski definition) is 5. The van der Waals surface area contributed by atoms with E-state index in [0.717, 1.165) is 11.1 Å². The summed E-state index contributed by atoms with van der Waals surface area (Å²) in [5, 5.41) is 9.14. The van der Waals surface area contributed by atoms with Crippen LogP contribution < -0.4 is 10.6 Å². The highest BCUT2D eigenvalue weighted by Gasteiger charge is 2.16. The number of nitrogens with one attached hydrogen (secondary N) is 2. The number of thiophene rings is 1. The number of benzene rings is 2. The molecule has 0 spiro atoms. The summed E-state index contributed by atoms with van der Waals surface area (Å²) >= 11 is 1.43. The van der Waals surface area contributed by atoms with Gasteiger partial charge < -0.3 is 15.4 Å². The maximum atomic E-state index is 12.4. The van der Waals surface area contributed by atoms with Crippen molar-refractivity contribution in [1.29, 1.82) is 0 Å². The molecule has 3 rings (SSSR count). The molecule has 2 amide bonds. The zero-order chi connectivity index (χ0) is 21.9. The summed E-state index contributed by atoms with van der Waals surface area (Å²) in [6.45, 7) is -0.217. The van der Waals surface area contributed by atoms with Gasteiger partial charge in [0.05, 0.1) is 12.5 Å². The maximum absolute atomic E-state index is 12.4. The number of rotatable bonds is 10. The normalized spacial score (nSPS) is 11.4. The zero-order valence-corrected chi connectivity index (χ0v) is 17.8. The Morgan fingerprint density at radius 3 is 2.32 bits per heavy atom. The lowest BCUT2D eigenvalue weighted by atomic mass is 9.99. The number of carbonyl (C=O) groups is 3. The minimum absolute atomic E-state index is 0.00468. The number of esters is 1. The van der Waals surface area contributed by atoms with Crippen LogP contribution in [0.25, 0.3) is 0 Å². The van der Waals surface area contributed by atoms with Crippen molar-refractivity contribution in [1.82, 2.24) is 10.6 Å². The third-order valence-corrected chi connectivity index (χ3v) is 5.27. The first-order chi connectivity index (χ1) is 15.1. The van der Waals surface area contributed by atoms with Gasteiger partial charge in [0, 0.05) is 17.5 Å². The fourth-order valence-electron chi connectivity index (χ4n) is 3.02. The molecule has 0 aliphatic carbocycles. The first-order valence-electron chi connectivity index (χ1n) is 9.96.